The van der Waals surface area contributed by atoms with E-state index in [-0.39, 0.29) is 30.6 Å². The second-order valence-electron chi connectivity index (χ2n) is 4.10. The third-order valence-corrected chi connectivity index (χ3v) is 3.69. The van der Waals surface area contributed by atoms with Crippen LogP contribution in [0.3, 0.4) is 0 Å². The van der Waals surface area contributed by atoms with Crippen molar-refractivity contribution in [3.63, 3.8) is 0 Å². The first kappa shape index (κ1) is 13.3. The first-order valence-corrected chi connectivity index (χ1v) is 6.44. The highest BCUT2D eigenvalue weighted by molar-refractivity contribution is 9.09. The fourth-order valence-corrected chi connectivity index (χ4v) is 2.36. The lowest BCUT2D eigenvalue weighted by Crippen LogP contribution is -2.28. The van der Waals surface area contributed by atoms with Crippen molar-refractivity contribution >= 4 is 27.7 Å². The lowest BCUT2D eigenvalue weighted by molar-refractivity contribution is -0.137. The number of alkyl halides is 4. The molecule has 1 saturated heterocycles. The fourth-order valence-electron chi connectivity index (χ4n) is 1.92. The Balaban J connectivity index is 2.37. The summed E-state index contributed by atoms with van der Waals surface area (Å²) < 4.78 is 38.5. The molecule has 2 heterocycles. The van der Waals surface area contributed by atoms with Crippen LogP contribution in [0.5, 0.6) is 0 Å². The molecule has 0 radical (unpaired) electrons. The van der Waals surface area contributed by atoms with E-state index in [9.17, 15) is 18.0 Å². The number of hydrogen-bond donors (Lipinski definition) is 0. The quantitative estimate of drug-likeness (QED) is 0.784. The molecule has 3 nitrogen and oxygen atoms in total. The topological polar surface area (TPSA) is 33.2 Å². The number of halogens is 4. The van der Waals surface area contributed by atoms with Crippen LogP contribution < -0.4 is 4.90 Å². The van der Waals surface area contributed by atoms with Crippen LogP contribution in [-0.4, -0.2) is 22.8 Å². The summed E-state index contributed by atoms with van der Waals surface area (Å²) in [4.78, 5) is 16.6. The zero-order valence-electron chi connectivity index (χ0n) is 9.25. The average molecular weight is 323 g/mol. The average Bonchev–Trinajstić information content (AvgIpc) is 2.69. The van der Waals surface area contributed by atoms with E-state index in [4.69, 9.17) is 0 Å². The standard InChI is InChI=1S/C11H10BrF3N2O/c12-5-7-4-9(18)17(6-7)10-8(11(13,14)15)2-1-3-16-10/h1-3,7H,4-6H2. The summed E-state index contributed by atoms with van der Waals surface area (Å²) in [6.07, 6.45) is -2.99. The zero-order valence-corrected chi connectivity index (χ0v) is 10.8. The minimum Gasteiger partial charge on any atom is -0.296 e. The van der Waals surface area contributed by atoms with E-state index in [0.717, 1.165) is 11.0 Å². The van der Waals surface area contributed by atoms with Gasteiger partial charge in [0.2, 0.25) is 5.91 Å². The highest BCUT2D eigenvalue weighted by Gasteiger charge is 2.39. The van der Waals surface area contributed by atoms with E-state index in [2.05, 4.69) is 20.9 Å². The van der Waals surface area contributed by atoms with Gasteiger partial charge in [-0.1, -0.05) is 15.9 Å². The van der Waals surface area contributed by atoms with Crippen LogP contribution in [0.25, 0.3) is 0 Å². The maximum Gasteiger partial charge on any atom is 0.419 e. The molecule has 1 aliphatic rings. The van der Waals surface area contributed by atoms with Crippen LogP contribution in [0, 0.1) is 5.92 Å². The summed E-state index contributed by atoms with van der Waals surface area (Å²) in [5, 5.41) is 0.587. The van der Waals surface area contributed by atoms with Gasteiger partial charge in [0.15, 0.2) is 0 Å². The normalized spacial score (nSPS) is 20.6. The van der Waals surface area contributed by atoms with E-state index in [1.54, 1.807) is 0 Å². The first-order valence-electron chi connectivity index (χ1n) is 5.32. The summed E-state index contributed by atoms with van der Waals surface area (Å²) >= 11 is 3.24. The van der Waals surface area contributed by atoms with Gasteiger partial charge in [0, 0.05) is 24.5 Å². The molecule has 1 amide bonds. The lowest BCUT2D eigenvalue weighted by atomic mass is 10.2. The number of anilines is 1. The third kappa shape index (κ3) is 2.50. The van der Waals surface area contributed by atoms with Crippen LogP contribution in [0.4, 0.5) is 19.0 Å². The van der Waals surface area contributed by atoms with Crippen LogP contribution in [-0.2, 0) is 11.0 Å². The first-order chi connectivity index (χ1) is 8.43. The van der Waals surface area contributed by atoms with Crippen molar-refractivity contribution in [1.82, 2.24) is 4.98 Å². The van der Waals surface area contributed by atoms with Gasteiger partial charge in [0.1, 0.15) is 5.82 Å². The molecule has 98 valence electrons. The molecule has 0 saturated carbocycles. The highest BCUT2D eigenvalue weighted by atomic mass is 79.9. The highest BCUT2D eigenvalue weighted by Crippen LogP contribution is 2.37. The molecular weight excluding hydrogens is 313 g/mol. The van der Waals surface area contributed by atoms with Gasteiger partial charge < -0.3 is 0 Å². The maximum atomic E-state index is 12.8. The zero-order chi connectivity index (χ0) is 13.3. The summed E-state index contributed by atoms with van der Waals surface area (Å²) in [5.41, 5.74) is -0.867. The van der Waals surface area contributed by atoms with Crippen LogP contribution in [0.1, 0.15) is 12.0 Å². The monoisotopic (exact) mass is 322 g/mol. The van der Waals surface area contributed by atoms with Crippen LogP contribution in [0.15, 0.2) is 18.3 Å². The lowest BCUT2D eigenvalue weighted by Gasteiger charge is -2.19. The predicted octanol–water partition coefficient (Wildman–Crippen LogP) is 2.85. The summed E-state index contributed by atoms with van der Waals surface area (Å²) in [6.45, 7) is 0.268. The van der Waals surface area contributed by atoms with Crippen molar-refractivity contribution in [2.45, 2.75) is 12.6 Å². The Hall–Kier alpha value is -1.11. The van der Waals surface area contributed by atoms with Crippen molar-refractivity contribution in [3.05, 3.63) is 23.9 Å². The van der Waals surface area contributed by atoms with E-state index in [0.29, 0.717) is 5.33 Å². The maximum absolute atomic E-state index is 12.8. The summed E-state index contributed by atoms with van der Waals surface area (Å²) in [6, 6.07) is 2.16. The van der Waals surface area contributed by atoms with Crippen LogP contribution >= 0.6 is 15.9 Å². The molecule has 0 spiro atoms. The van der Waals surface area contributed by atoms with E-state index in [1.165, 1.54) is 12.3 Å². The van der Waals surface area contributed by atoms with E-state index >= 15 is 0 Å². The molecule has 1 aromatic rings. The number of nitrogens with zero attached hydrogens (tertiary/aromatic N) is 2. The molecule has 2 rings (SSSR count). The Morgan fingerprint density at radius 2 is 2.22 bits per heavy atom. The van der Waals surface area contributed by atoms with Crippen molar-refractivity contribution in [1.29, 1.82) is 0 Å². The molecule has 7 heteroatoms. The van der Waals surface area contributed by atoms with E-state index < -0.39 is 11.7 Å². The molecule has 0 bridgehead atoms. The van der Waals surface area contributed by atoms with Crippen molar-refractivity contribution in [2.75, 3.05) is 16.8 Å². The Bertz CT molecular complexity index is 464. The van der Waals surface area contributed by atoms with Gasteiger partial charge in [-0.05, 0) is 18.1 Å². The molecular formula is C11H10BrF3N2O. The van der Waals surface area contributed by atoms with Gasteiger partial charge >= 0.3 is 6.18 Å². The second-order valence-corrected chi connectivity index (χ2v) is 4.75. The number of carbonyl (C=O) groups excluding carboxylic acids is 1. The Morgan fingerprint density at radius 3 is 2.78 bits per heavy atom. The molecule has 0 aliphatic carbocycles. The number of carbonyl (C=O) groups is 1. The van der Waals surface area contributed by atoms with Gasteiger partial charge in [-0.15, -0.1) is 0 Å². The molecule has 1 aromatic heterocycles. The number of pyridine rings is 1. The Kier molecular flexibility index (Phi) is 3.61. The Labute approximate surface area is 110 Å². The molecule has 1 fully saturated rings. The third-order valence-electron chi connectivity index (χ3n) is 2.77. The SMILES string of the molecule is O=C1CC(CBr)CN1c1ncccc1C(F)(F)F. The van der Waals surface area contributed by atoms with Gasteiger partial charge in [-0.3, -0.25) is 9.69 Å². The van der Waals surface area contributed by atoms with Crippen molar-refractivity contribution in [3.8, 4) is 0 Å². The minimum atomic E-state index is -4.50. The molecule has 1 atom stereocenters. The second kappa shape index (κ2) is 4.87. The minimum absolute atomic E-state index is 0.0283. The number of rotatable bonds is 2. The molecule has 1 unspecified atom stereocenters. The number of amides is 1. The number of aromatic nitrogens is 1. The van der Waals surface area contributed by atoms with Crippen molar-refractivity contribution in [2.24, 2.45) is 5.92 Å². The van der Waals surface area contributed by atoms with Gasteiger partial charge in [-0.2, -0.15) is 13.2 Å². The van der Waals surface area contributed by atoms with Gasteiger partial charge in [0.25, 0.3) is 0 Å². The van der Waals surface area contributed by atoms with Crippen molar-refractivity contribution < 1.29 is 18.0 Å². The Morgan fingerprint density at radius 1 is 1.50 bits per heavy atom. The summed E-state index contributed by atoms with van der Waals surface area (Å²) in [7, 11) is 0. The molecule has 0 aromatic carbocycles. The number of hydrogen-bond acceptors (Lipinski definition) is 2. The van der Waals surface area contributed by atoms with E-state index in [1.807, 2.05) is 0 Å². The molecule has 18 heavy (non-hydrogen) atoms. The van der Waals surface area contributed by atoms with Gasteiger partial charge in [-0.25, -0.2) is 4.98 Å². The molecule has 0 N–H and O–H groups in total. The molecule has 1 aliphatic heterocycles. The van der Waals surface area contributed by atoms with Gasteiger partial charge in [0.05, 0.1) is 5.56 Å². The van der Waals surface area contributed by atoms with Crippen LogP contribution in [0.2, 0.25) is 0 Å². The fraction of sp³-hybridized carbons (Fsp3) is 0.455. The smallest absolute Gasteiger partial charge is 0.296 e. The predicted molar refractivity (Wildman–Crippen MR) is 63.5 cm³/mol. The largest absolute Gasteiger partial charge is 0.419 e. The summed E-state index contributed by atoms with van der Waals surface area (Å²) in [5.74, 6) is -0.581.